The summed E-state index contributed by atoms with van der Waals surface area (Å²) in [6.45, 7) is 5.98. The van der Waals surface area contributed by atoms with E-state index in [0.29, 0.717) is 35.2 Å². The average molecular weight is 426 g/mol. The Morgan fingerprint density at radius 1 is 1.52 bits per heavy atom. The first-order chi connectivity index (χ1) is 13.6. The van der Waals surface area contributed by atoms with Gasteiger partial charge in [0, 0.05) is 35.6 Å². The van der Waals surface area contributed by atoms with Crippen LogP contribution in [0.25, 0.3) is 0 Å². The van der Waals surface area contributed by atoms with E-state index >= 15 is 0 Å². The maximum absolute atomic E-state index is 14.9. The van der Waals surface area contributed by atoms with Crippen LogP contribution >= 0.6 is 11.8 Å². The molecule has 3 rings (SSSR count). The number of aliphatic imine (C=N–C) groups is 1. The van der Waals surface area contributed by atoms with Crippen molar-refractivity contribution in [1.29, 1.82) is 0 Å². The van der Waals surface area contributed by atoms with Gasteiger partial charge < -0.3 is 20.3 Å². The fourth-order valence-corrected chi connectivity index (χ4v) is 5.43. The number of carboxylic acid groups (broad SMARTS) is 1. The summed E-state index contributed by atoms with van der Waals surface area (Å²) in [5, 5.41) is 10.2. The number of methoxy groups -OCH3 is 1. The lowest BCUT2D eigenvalue weighted by molar-refractivity contribution is -0.0840. The SMILES string of the molecule is COC[C@H]1C[C@H]2CSC(N(C(=O)O)C(C)(C)C)=N[C@@]2(c2cc(N)ccc2F)CO1. The number of rotatable bonds is 3. The Morgan fingerprint density at radius 3 is 2.86 bits per heavy atom. The number of hydrogen-bond donors (Lipinski definition) is 2. The van der Waals surface area contributed by atoms with Gasteiger partial charge in [-0.3, -0.25) is 4.90 Å². The first-order valence-corrected chi connectivity index (χ1v) is 10.5. The van der Waals surface area contributed by atoms with Crippen molar-refractivity contribution in [3.8, 4) is 0 Å². The van der Waals surface area contributed by atoms with Crippen LogP contribution in [0.5, 0.6) is 0 Å². The molecule has 0 aromatic heterocycles. The smallest absolute Gasteiger partial charge is 0.413 e. The van der Waals surface area contributed by atoms with E-state index in [9.17, 15) is 14.3 Å². The monoisotopic (exact) mass is 425 g/mol. The van der Waals surface area contributed by atoms with E-state index in [1.807, 2.05) is 0 Å². The molecule has 1 aromatic carbocycles. The van der Waals surface area contributed by atoms with Gasteiger partial charge in [-0.1, -0.05) is 11.8 Å². The minimum Gasteiger partial charge on any atom is -0.465 e. The van der Waals surface area contributed by atoms with Crippen LogP contribution in [-0.2, 0) is 15.0 Å². The molecular formula is C20H28FN3O4S. The van der Waals surface area contributed by atoms with Gasteiger partial charge in [-0.15, -0.1) is 0 Å². The Balaban J connectivity index is 2.13. The van der Waals surface area contributed by atoms with Crippen LogP contribution in [0.4, 0.5) is 14.9 Å². The standard InChI is InChI=1S/C20H28FN3O4S/c1-19(2,3)24(18(25)26)17-23-20(15-8-13(22)5-6-16(15)21)11-28-14(9-27-4)7-12(20)10-29-17/h5-6,8,12,14H,7,9-11,22H2,1-4H3,(H,25,26)/t12-,14+,20-/m0/s1. The molecule has 1 amide bonds. The highest BCUT2D eigenvalue weighted by atomic mass is 32.2. The third-order valence-corrected chi connectivity index (χ3v) is 6.43. The number of nitrogens with zero attached hydrogens (tertiary/aromatic N) is 2. The van der Waals surface area contributed by atoms with Gasteiger partial charge in [0.15, 0.2) is 5.17 Å². The normalized spacial score (nSPS) is 27.1. The second-order valence-corrected chi connectivity index (χ2v) is 9.47. The summed E-state index contributed by atoms with van der Waals surface area (Å²) in [6, 6.07) is 4.41. The van der Waals surface area contributed by atoms with Crippen LogP contribution in [-0.4, -0.2) is 59.0 Å². The molecule has 2 heterocycles. The van der Waals surface area contributed by atoms with Gasteiger partial charge in [-0.2, -0.15) is 0 Å². The van der Waals surface area contributed by atoms with E-state index in [1.54, 1.807) is 33.9 Å². The van der Waals surface area contributed by atoms with Crippen LogP contribution in [0.3, 0.4) is 0 Å². The highest BCUT2D eigenvalue weighted by Gasteiger charge is 2.51. The van der Waals surface area contributed by atoms with Crippen molar-refractivity contribution in [3.05, 3.63) is 29.6 Å². The predicted molar refractivity (Wildman–Crippen MR) is 112 cm³/mol. The van der Waals surface area contributed by atoms with Gasteiger partial charge in [0.25, 0.3) is 0 Å². The summed E-state index contributed by atoms with van der Waals surface area (Å²) in [4.78, 5) is 18.1. The molecule has 0 unspecified atom stereocenters. The quantitative estimate of drug-likeness (QED) is 0.719. The summed E-state index contributed by atoms with van der Waals surface area (Å²) < 4.78 is 26.2. The molecule has 7 nitrogen and oxygen atoms in total. The topological polar surface area (TPSA) is 97.4 Å². The summed E-state index contributed by atoms with van der Waals surface area (Å²) in [5.74, 6) is 0.124. The van der Waals surface area contributed by atoms with E-state index in [2.05, 4.69) is 0 Å². The van der Waals surface area contributed by atoms with Gasteiger partial charge in [0.05, 0.1) is 19.3 Å². The van der Waals surface area contributed by atoms with Crippen LogP contribution in [0.1, 0.15) is 32.8 Å². The lowest BCUT2D eigenvalue weighted by Gasteiger charge is -2.48. The summed E-state index contributed by atoms with van der Waals surface area (Å²) in [7, 11) is 1.61. The Bertz CT molecular complexity index is 813. The van der Waals surface area contributed by atoms with E-state index in [-0.39, 0.29) is 18.6 Å². The van der Waals surface area contributed by atoms with Crippen molar-refractivity contribution in [2.45, 2.75) is 44.4 Å². The van der Waals surface area contributed by atoms with E-state index < -0.39 is 23.0 Å². The molecule has 3 N–H and O–H groups in total. The number of fused-ring (bicyclic) bond motifs is 1. The number of amidine groups is 1. The fourth-order valence-electron chi connectivity index (χ4n) is 3.96. The predicted octanol–water partition coefficient (Wildman–Crippen LogP) is 3.54. The number of hydrogen-bond acceptors (Lipinski definition) is 6. The van der Waals surface area contributed by atoms with Crippen LogP contribution < -0.4 is 5.73 Å². The fraction of sp³-hybridized carbons (Fsp3) is 0.600. The van der Waals surface area contributed by atoms with Crippen LogP contribution in [0, 0.1) is 11.7 Å². The summed E-state index contributed by atoms with van der Waals surface area (Å²) in [5.41, 5.74) is 4.98. The molecule has 160 valence electrons. The number of ether oxygens (including phenoxy) is 2. The number of anilines is 1. The minimum absolute atomic E-state index is 0.0444. The lowest BCUT2D eigenvalue weighted by Crippen LogP contribution is -2.55. The summed E-state index contributed by atoms with van der Waals surface area (Å²) in [6.07, 6.45) is -0.578. The molecule has 29 heavy (non-hydrogen) atoms. The number of nitrogens with two attached hydrogens (primary N) is 1. The number of halogens is 1. The van der Waals surface area contributed by atoms with Gasteiger partial charge in [-0.25, -0.2) is 14.2 Å². The zero-order valence-corrected chi connectivity index (χ0v) is 18.0. The number of nitrogen functional groups attached to an aromatic ring is 1. The molecule has 1 aromatic rings. The molecule has 1 saturated heterocycles. The summed E-state index contributed by atoms with van der Waals surface area (Å²) >= 11 is 1.38. The first-order valence-electron chi connectivity index (χ1n) is 9.50. The molecule has 0 aliphatic carbocycles. The molecular weight excluding hydrogens is 397 g/mol. The van der Waals surface area contributed by atoms with Gasteiger partial charge >= 0.3 is 6.09 Å². The van der Waals surface area contributed by atoms with Crippen LogP contribution in [0.2, 0.25) is 0 Å². The van der Waals surface area contributed by atoms with Crippen molar-refractivity contribution in [2.75, 3.05) is 31.8 Å². The molecule has 0 radical (unpaired) electrons. The molecule has 2 aliphatic heterocycles. The highest BCUT2D eigenvalue weighted by molar-refractivity contribution is 8.13. The third-order valence-electron chi connectivity index (χ3n) is 5.33. The van der Waals surface area contributed by atoms with Crippen molar-refractivity contribution in [3.63, 3.8) is 0 Å². The maximum atomic E-state index is 14.9. The van der Waals surface area contributed by atoms with Crippen molar-refractivity contribution in [2.24, 2.45) is 10.9 Å². The number of thioether (sulfide) groups is 1. The molecule has 0 bridgehead atoms. The van der Waals surface area contributed by atoms with Gasteiger partial charge in [-0.05, 0) is 45.4 Å². The Morgan fingerprint density at radius 2 is 2.24 bits per heavy atom. The first kappa shape index (κ1) is 21.9. The average Bonchev–Trinajstić information content (AvgIpc) is 2.62. The highest BCUT2D eigenvalue weighted by Crippen LogP contribution is 2.48. The third kappa shape index (κ3) is 4.22. The molecule has 0 spiro atoms. The second kappa shape index (κ2) is 8.12. The molecule has 3 atom stereocenters. The Hall–Kier alpha value is -1.84. The number of benzene rings is 1. The van der Waals surface area contributed by atoms with E-state index in [4.69, 9.17) is 20.2 Å². The van der Waals surface area contributed by atoms with Crippen molar-refractivity contribution < 1.29 is 23.8 Å². The van der Waals surface area contributed by atoms with Crippen molar-refractivity contribution in [1.82, 2.24) is 4.90 Å². The van der Waals surface area contributed by atoms with Crippen LogP contribution in [0.15, 0.2) is 23.2 Å². The van der Waals surface area contributed by atoms with Gasteiger partial charge in [0.1, 0.15) is 11.4 Å². The molecule has 1 fully saturated rings. The maximum Gasteiger partial charge on any atom is 0.413 e. The number of carbonyl (C=O) groups is 1. The minimum atomic E-state index is -1.10. The number of amides is 1. The van der Waals surface area contributed by atoms with Crippen molar-refractivity contribution >= 4 is 28.7 Å². The van der Waals surface area contributed by atoms with E-state index in [0.717, 1.165) is 0 Å². The Labute approximate surface area is 174 Å². The molecule has 0 saturated carbocycles. The largest absolute Gasteiger partial charge is 0.465 e. The zero-order chi connectivity index (χ0) is 21.4. The van der Waals surface area contributed by atoms with E-state index in [1.165, 1.54) is 28.8 Å². The zero-order valence-electron chi connectivity index (χ0n) is 17.1. The van der Waals surface area contributed by atoms with Gasteiger partial charge in [0.2, 0.25) is 0 Å². The lowest BCUT2D eigenvalue weighted by atomic mass is 9.75. The molecule has 9 heteroatoms. The second-order valence-electron chi connectivity index (χ2n) is 8.48. The Kier molecular flexibility index (Phi) is 6.12. The molecule has 2 aliphatic rings.